The lowest BCUT2D eigenvalue weighted by Gasteiger charge is -2.33. The predicted molar refractivity (Wildman–Crippen MR) is 87.6 cm³/mol. The van der Waals surface area contributed by atoms with E-state index in [4.69, 9.17) is 5.73 Å². The second-order valence-electron chi connectivity index (χ2n) is 5.98. The summed E-state index contributed by atoms with van der Waals surface area (Å²) in [6.45, 7) is 11.9. The molecule has 0 amide bonds. The fourth-order valence-corrected chi connectivity index (χ4v) is 4.08. The highest BCUT2D eigenvalue weighted by atomic mass is 32.2. The van der Waals surface area contributed by atoms with Gasteiger partial charge < -0.3 is 5.73 Å². The molecule has 4 nitrogen and oxygen atoms in total. The van der Waals surface area contributed by atoms with Crippen molar-refractivity contribution < 1.29 is 8.42 Å². The number of aryl methyl sites for hydroxylation is 1. The molecule has 1 rings (SSSR count). The minimum Gasteiger partial charge on any atom is -0.326 e. The fraction of sp³-hybridized carbons (Fsp3) is 0.500. The van der Waals surface area contributed by atoms with E-state index in [9.17, 15) is 8.42 Å². The molecule has 0 bridgehead atoms. The second-order valence-corrected chi connectivity index (χ2v) is 7.85. The molecule has 0 saturated heterocycles. The second kappa shape index (κ2) is 6.73. The van der Waals surface area contributed by atoms with Gasteiger partial charge in [0.2, 0.25) is 10.0 Å². The molecule has 0 aliphatic rings. The van der Waals surface area contributed by atoms with Crippen LogP contribution in [0.1, 0.15) is 38.8 Å². The van der Waals surface area contributed by atoms with Crippen LogP contribution in [0, 0.1) is 0 Å². The van der Waals surface area contributed by atoms with Gasteiger partial charge in [-0.15, -0.1) is 6.58 Å². The minimum absolute atomic E-state index is 0.277. The van der Waals surface area contributed by atoms with Gasteiger partial charge in [0.1, 0.15) is 0 Å². The van der Waals surface area contributed by atoms with Crippen LogP contribution in [-0.4, -0.2) is 24.8 Å². The molecule has 0 atom stereocenters. The smallest absolute Gasteiger partial charge is 0.243 e. The van der Waals surface area contributed by atoms with Gasteiger partial charge in [-0.25, -0.2) is 8.42 Å². The summed E-state index contributed by atoms with van der Waals surface area (Å²) < 4.78 is 27.2. The molecule has 0 radical (unpaired) electrons. The van der Waals surface area contributed by atoms with Gasteiger partial charge in [0.15, 0.2) is 0 Å². The quantitative estimate of drug-likeness (QED) is 0.822. The fourth-order valence-electron chi connectivity index (χ4n) is 2.27. The van der Waals surface area contributed by atoms with Crippen molar-refractivity contribution in [2.45, 2.75) is 51.1 Å². The van der Waals surface area contributed by atoms with Crippen molar-refractivity contribution in [1.82, 2.24) is 4.31 Å². The zero-order valence-electron chi connectivity index (χ0n) is 13.4. The van der Waals surface area contributed by atoms with Crippen LogP contribution in [-0.2, 0) is 23.0 Å². The van der Waals surface area contributed by atoms with Crippen LogP contribution in [0.3, 0.4) is 0 Å². The third-order valence-electron chi connectivity index (χ3n) is 3.41. The average molecular weight is 310 g/mol. The summed E-state index contributed by atoms with van der Waals surface area (Å²) >= 11 is 0. The van der Waals surface area contributed by atoms with Gasteiger partial charge >= 0.3 is 0 Å². The standard InChI is InChI=1S/C16H26N2O2S/c1-6-10-18(16(3,4)5)21(19,20)15-9-8-13(7-2)14(11-15)12-17/h6,8-9,11H,1,7,10,12,17H2,2-5H3. The molecule has 1 aromatic rings. The van der Waals surface area contributed by atoms with Crippen LogP contribution >= 0.6 is 0 Å². The molecule has 2 N–H and O–H groups in total. The molecule has 0 saturated carbocycles. The van der Waals surface area contributed by atoms with Crippen LogP contribution in [0.2, 0.25) is 0 Å². The van der Waals surface area contributed by atoms with Crippen molar-refractivity contribution in [3.05, 3.63) is 42.0 Å². The van der Waals surface area contributed by atoms with Crippen LogP contribution in [0.4, 0.5) is 0 Å². The van der Waals surface area contributed by atoms with Crippen molar-refractivity contribution in [1.29, 1.82) is 0 Å². The van der Waals surface area contributed by atoms with Crippen molar-refractivity contribution >= 4 is 10.0 Å². The van der Waals surface area contributed by atoms with Crippen LogP contribution in [0.25, 0.3) is 0 Å². The first kappa shape index (κ1) is 17.9. The van der Waals surface area contributed by atoms with E-state index < -0.39 is 15.6 Å². The van der Waals surface area contributed by atoms with E-state index >= 15 is 0 Å². The first-order chi connectivity index (χ1) is 9.68. The summed E-state index contributed by atoms with van der Waals surface area (Å²) in [5.41, 5.74) is 7.19. The lowest BCUT2D eigenvalue weighted by atomic mass is 10.1. The number of nitrogens with zero attached hydrogens (tertiary/aromatic N) is 1. The number of benzene rings is 1. The van der Waals surface area contributed by atoms with Gasteiger partial charge in [0.25, 0.3) is 0 Å². The molecule has 1 aromatic carbocycles. The Labute approximate surface area is 128 Å². The highest BCUT2D eigenvalue weighted by Crippen LogP contribution is 2.26. The van der Waals surface area contributed by atoms with Crippen molar-refractivity contribution in [3.8, 4) is 0 Å². The number of hydrogen-bond donors (Lipinski definition) is 1. The molecule has 0 aliphatic heterocycles. The topological polar surface area (TPSA) is 63.4 Å². The molecule has 118 valence electrons. The number of nitrogens with two attached hydrogens (primary N) is 1. The highest BCUT2D eigenvalue weighted by molar-refractivity contribution is 7.89. The summed E-state index contributed by atoms with van der Waals surface area (Å²) in [5, 5.41) is 0. The lowest BCUT2D eigenvalue weighted by molar-refractivity contribution is 0.270. The number of rotatable bonds is 6. The Morgan fingerprint density at radius 1 is 1.29 bits per heavy atom. The third-order valence-corrected chi connectivity index (χ3v) is 5.54. The molecule has 5 heteroatoms. The summed E-state index contributed by atoms with van der Waals surface area (Å²) in [7, 11) is -3.57. The normalized spacial score (nSPS) is 12.7. The van der Waals surface area contributed by atoms with Gasteiger partial charge in [0.05, 0.1) is 4.90 Å². The lowest BCUT2D eigenvalue weighted by Crippen LogP contribution is -2.45. The van der Waals surface area contributed by atoms with E-state index in [1.54, 1.807) is 18.2 Å². The Morgan fingerprint density at radius 3 is 2.33 bits per heavy atom. The maximum atomic E-state index is 12.9. The molecule has 0 spiro atoms. The van der Waals surface area contributed by atoms with Crippen LogP contribution in [0.5, 0.6) is 0 Å². The molecule has 0 unspecified atom stereocenters. The van der Waals surface area contributed by atoms with E-state index in [-0.39, 0.29) is 11.4 Å². The monoisotopic (exact) mass is 310 g/mol. The van der Waals surface area contributed by atoms with Gasteiger partial charge in [-0.2, -0.15) is 4.31 Å². The zero-order chi connectivity index (χ0) is 16.3. The predicted octanol–water partition coefficient (Wildman–Crippen LogP) is 2.68. The van der Waals surface area contributed by atoms with E-state index in [1.165, 1.54) is 4.31 Å². The summed E-state index contributed by atoms with van der Waals surface area (Å²) in [6, 6.07) is 5.20. The number of hydrogen-bond acceptors (Lipinski definition) is 3. The molecule has 0 heterocycles. The first-order valence-corrected chi connectivity index (χ1v) is 8.58. The Kier molecular flexibility index (Phi) is 5.73. The summed E-state index contributed by atoms with van der Waals surface area (Å²) in [6.07, 6.45) is 2.44. The Morgan fingerprint density at radius 2 is 1.90 bits per heavy atom. The Bertz CT molecular complexity index is 601. The molecule has 0 aromatic heterocycles. The summed E-state index contributed by atoms with van der Waals surface area (Å²) in [4.78, 5) is 0.289. The highest BCUT2D eigenvalue weighted by Gasteiger charge is 2.33. The molecular weight excluding hydrogens is 284 g/mol. The van der Waals surface area contributed by atoms with Gasteiger partial charge in [0, 0.05) is 18.6 Å². The average Bonchev–Trinajstić information content (AvgIpc) is 2.42. The maximum Gasteiger partial charge on any atom is 0.243 e. The number of sulfonamides is 1. The Hall–Kier alpha value is -1.17. The van der Waals surface area contributed by atoms with Gasteiger partial charge in [-0.05, 0) is 50.5 Å². The zero-order valence-corrected chi connectivity index (χ0v) is 14.2. The van der Waals surface area contributed by atoms with Crippen LogP contribution in [0.15, 0.2) is 35.7 Å². The minimum atomic E-state index is -3.57. The van der Waals surface area contributed by atoms with E-state index in [0.29, 0.717) is 6.54 Å². The molecule has 0 fully saturated rings. The van der Waals surface area contributed by atoms with Gasteiger partial charge in [-0.3, -0.25) is 0 Å². The SMILES string of the molecule is C=CCN(C(C)(C)C)S(=O)(=O)c1ccc(CC)c(CN)c1. The van der Waals surface area contributed by atoms with Crippen molar-refractivity contribution in [2.75, 3.05) is 6.54 Å². The molecule has 0 aliphatic carbocycles. The Balaban J connectivity index is 3.38. The third kappa shape index (κ3) is 3.93. The maximum absolute atomic E-state index is 12.9. The molecule has 21 heavy (non-hydrogen) atoms. The van der Waals surface area contributed by atoms with E-state index in [1.807, 2.05) is 33.8 Å². The van der Waals surface area contributed by atoms with Crippen molar-refractivity contribution in [3.63, 3.8) is 0 Å². The van der Waals surface area contributed by atoms with E-state index in [2.05, 4.69) is 6.58 Å². The van der Waals surface area contributed by atoms with Crippen LogP contribution < -0.4 is 5.73 Å². The summed E-state index contributed by atoms with van der Waals surface area (Å²) in [5.74, 6) is 0. The van der Waals surface area contributed by atoms with Gasteiger partial charge in [-0.1, -0.05) is 19.1 Å². The largest absolute Gasteiger partial charge is 0.326 e. The van der Waals surface area contributed by atoms with Crippen molar-refractivity contribution in [2.24, 2.45) is 5.73 Å². The first-order valence-electron chi connectivity index (χ1n) is 7.14. The molecular formula is C16H26N2O2S. The van der Waals surface area contributed by atoms with E-state index in [0.717, 1.165) is 17.5 Å².